The highest BCUT2D eigenvalue weighted by atomic mass is 35.5. The topological polar surface area (TPSA) is 71.3 Å². The summed E-state index contributed by atoms with van der Waals surface area (Å²) in [5.41, 5.74) is 2.93. The van der Waals surface area contributed by atoms with E-state index in [2.05, 4.69) is 5.32 Å². The van der Waals surface area contributed by atoms with Gasteiger partial charge in [0.1, 0.15) is 36.4 Å². The van der Waals surface area contributed by atoms with Gasteiger partial charge in [-0.3, -0.25) is 4.79 Å². The van der Waals surface area contributed by atoms with Gasteiger partial charge in [0.2, 0.25) is 0 Å². The fraction of sp³-hybridized carbons (Fsp3) is 0.0667. The van der Waals surface area contributed by atoms with Crippen LogP contribution < -0.4 is 14.8 Å². The Hall–Kier alpha value is -4.24. The monoisotopic (exact) mass is 528 g/mol. The summed E-state index contributed by atoms with van der Waals surface area (Å²) in [5, 5.41) is 13.5. The number of halogens is 2. The van der Waals surface area contributed by atoms with Gasteiger partial charge in [0.05, 0.1) is 0 Å². The highest BCUT2D eigenvalue weighted by Crippen LogP contribution is 2.27. The molecule has 4 aromatic rings. The Labute approximate surface area is 225 Å². The highest BCUT2D eigenvalue weighted by Gasteiger charge is 2.12. The predicted octanol–water partition coefficient (Wildman–Crippen LogP) is 7.70. The zero-order valence-corrected chi connectivity index (χ0v) is 21.2. The molecule has 0 unspecified atom stereocenters. The van der Waals surface area contributed by atoms with Crippen molar-refractivity contribution in [1.82, 2.24) is 0 Å². The number of benzene rings is 4. The summed E-state index contributed by atoms with van der Waals surface area (Å²) in [6.45, 7) is 0.725. The van der Waals surface area contributed by atoms with Gasteiger partial charge in [0.15, 0.2) is 0 Å². The highest BCUT2D eigenvalue weighted by molar-refractivity contribution is 6.31. The SMILES string of the molecule is N#C/C(=C\c1cc(Cl)ccc1OCc1ccc(Cl)cc1)C(=O)Nc1ccc(OCc2ccccc2)cc1. The van der Waals surface area contributed by atoms with Crippen LogP contribution in [-0.2, 0) is 18.0 Å². The molecule has 0 bridgehead atoms. The quantitative estimate of drug-likeness (QED) is 0.178. The number of nitriles is 1. The average molecular weight is 529 g/mol. The first-order valence-corrected chi connectivity index (χ1v) is 12.1. The van der Waals surface area contributed by atoms with E-state index in [0.717, 1.165) is 11.1 Å². The molecule has 5 nitrogen and oxygen atoms in total. The normalized spacial score (nSPS) is 10.9. The second-order valence-electron chi connectivity index (χ2n) is 8.02. The van der Waals surface area contributed by atoms with Gasteiger partial charge in [-0.2, -0.15) is 5.26 Å². The molecule has 0 aromatic heterocycles. The number of hydrogen-bond donors (Lipinski definition) is 1. The third-order valence-corrected chi connectivity index (χ3v) is 5.79. The molecule has 37 heavy (non-hydrogen) atoms. The van der Waals surface area contributed by atoms with E-state index < -0.39 is 5.91 Å². The Bertz CT molecular complexity index is 1430. The van der Waals surface area contributed by atoms with Crippen molar-refractivity contribution in [2.24, 2.45) is 0 Å². The maximum atomic E-state index is 12.8. The van der Waals surface area contributed by atoms with Crippen LogP contribution in [0.1, 0.15) is 16.7 Å². The standard InChI is InChI=1S/C30H22Cl2N2O3/c31-25-8-6-22(7-9-25)20-37-29-15-10-26(32)17-23(29)16-24(18-33)30(35)34-27-11-13-28(14-12-27)36-19-21-4-2-1-3-5-21/h1-17H,19-20H2,(H,34,35)/b24-16+. The van der Waals surface area contributed by atoms with Crippen molar-refractivity contribution < 1.29 is 14.3 Å². The molecule has 0 aliphatic heterocycles. The van der Waals surface area contributed by atoms with Gasteiger partial charge >= 0.3 is 0 Å². The van der Waals surface area contributed by atoms with E-state index in [1.807, 2.05) is 48.5 Å². The van der Waals surface area contributed by atoms with E-state index in [0.29, 0.717) is 39.4 Å². The third-order valence-electron chi connectivity index (χ3n) is 5.30. The van der Waals surface area contributed by atoms with Gasteiger partial charge in [-0.15, -0.1) is 0 Å². The first-order chi connectivity index (χ1) is 18.0. The molecule has 4 rings (SSSR count). The lowest BCUT2D eigenvalue weighted by Crippen LogP contribution is -2.13. The minimum absolute atomic E-state index is 0.0944. The molecule has 0 saturated carbocycles. The van der Waals surface area contributed by atoms with Crippen molar-refractivity contribution in [3.63, 3.8) is 0 Å². The first-order valence-electron chi connectivity index (χ1n) is 11.4. The second kappa shape index (κ2) is 12.6. The first kappa shape index (κ1) is 25.8. The maximum Gasteiger partial charge on any atom is 0.266 e. The summed E-state index contributed by atoms with van der Waals surface area (Å²) in [4.78, 5) is 12.8. The van der Waals surface area contributed by atoms with Gasteiger partial charge in [-0.05, 0) is 71.8 Å². The maximum absolute atomic E-state index is 12.8. The lowest BCUT2D eigenvalue weighted by molar-refractivity contribution is -0.112. The molecule has 0 aliphatic carbocycles. The van der Waals surface area contributed by atoms with E-state index in [1.54, 1.807) is 54.6 Å². The number of nitrogens with one attached hydrogen (secondary N) is 1. The lowest BCUT2D eigenvalue weighted by Gasteiger charge is -2.11. The minimum Gasteiger partial charge on any atom is -0.489 e. The number of hydrogen-bond acceptors (Lipinski definition) is 4. The van der Waals surface area contributed by atoms with E-state index in [4.69, 9.17) is 32.7 Å². The fourth-order valence-corrected chi connectivity index (χ4v) is 3.69. The summed E-state index contributed by atoms with van der Waals surface area (Å²) in [6, 6.07) is 31.0. The molecule has 1 N–H and O–H groups in total. The summed E-state index contributed by atoms with van der Waals surface area (Å²) in [6.07, 6.45) is 1.45. The molecular weight excluding hydrogens is 507 g/mol. The largest absolute Gasteiger partial charge is 0.489 e. The third kappa shape index (κ3) is 7.62. The van der Waals surface area contributed by atoms with E-state index in [1.165, 1.54) is 6.08 Å². The smallest absolute Gasteiger partial charge is 0.266 e. The van der Waals surface area contributed by atoms with Crippen LogP contribution in [0.4, 0.5) is 5.69 Å². The number of anilines is 1. The number of rotatable bonds is 9. The Morgan fingerprint density at radius 1 is 0.811 bits per heavy atom. The summed E-state index contributed by atoms with van der Waals surface area (Å²) in [7, 11) is 0. The van der Waals surface area contributed by atoms with Crippen molar-refractivity contribution in [3.05, 3.63) is 129 Å². The van der Waals surface area contributed by atoms with Crippen molar-refractivity contribution in [2.45, 2.75) is 13.2 Å². The molecule has 0 fully saturated rings. The summed E-state index contributed by atoms with van der Waals surface area (Å²) >= 11 is 12.1. The van der Waals surface area contributed by atoms with Gasteiger partial charge < -0.3 is 14.8 Å². The molecule has 7 heteroatoms. The Kier molecular flexibility index (Phi) is 8.83. The number of ether oxygens (including phenoxy) is 2. The number of carbonyl (C=O) groups excluding carboxylic acids is 1. The van der Waals surface area contributed by atoms with E-state index >= 15 is 0 Å². The zero-order chi connectivity index (χ0) is 26.0. The summed E-state index contributed by atoms with van der Waals surface area (Å²) < 4.78 is 11.7. The van der Waals surface area contributed by atoms with Gasteiger partial charge in [-0.1, -0.05) is 65.7 Å². The molecule has 4 aromatic carbocycles. The van der Waals surface area contributed by atoms with Gasteiger partial charge in [-0.25, -0.2) is 0 Å². The second-order valence-corrected chi connectivity index (χ2v) is 8.89. The van der Waals surface area contributed by atoms with Crippen molar-refractivity contribution in [3.8, 4) is 17.6 Å². The van der Waals surface area contributed by atoms with Gasteiger partial charge in [0.25, 0.3) is 5.91 Å². The fourth-order valence-electron chi connectivity index (χ4n) is 3.38. The predicted molar refractivity (Wildman–Crippen MR) is 147 cm³/mol. The van der Waals surface area contributed by atoms with E-state index in [9.17, 15) is 10.1 Å². The molecule has 0 atom stereocenters. The zero-order valence-electron chi connectivity index (χ0n) is 19.7. The molecule has 0 heterocycles. The number of nitrogens with zero attached hydrogens (tertiary/aromatic N) is 1. The molecular formula is C30H22Cl2N2O3. The molecule has 0 saturated heterocycles. The van der Waals surface area contributed by atoms with Crippen molar-refractivity contribution >= 4 is 40.9 Å². The van der Waals surface area contributed by atoms with E-state index in [-0.39, 0.29) is 12.2 Å². The average Bonchev–Trinajstić information content (AvgIpc) is 2.92. The van der Waals surface area contributed by atoms with Crippen molar-refractivity contribution in [1.29, 1.82) is 5.26 Å². The van der Waals surface area contributed by atoms with Crippen LogP contribution >= 0.6 is 23.2 Å². The van der Waals surface area contributed by atoms with Crippen LogP contribution in [0.5, 0.6) is 11.5 Å². The molecule has 184 valence electrons. The lowest BCUT2D eigenvalue weighted by atomic mass is 10.1. The van der Waals surface area contributed by atoms with Crippen LogP contribution in [0.15, 0.2) is 103 Å². The van der Waals surface area contributed by atoms with Crippen LogP contribution in [0.2, 0.25) is 10.0 Å². The number of amides is 1. The van der Waals surface area contributed by atoms with Crippen LogP contribution in [0, 0.1) is 11.3 Å². The molecule has 1 amide bonds. The van der Waals surface area contributed by atoms with Crippen molar-refractivity contribution in [2.75, 3.05) is 5.32 Å². The summed E-state index contributed by atoms with van der Waals surface area (Å²) in [5.74, 6) is 0.600. The van der Waals surface area contributed by atoms with Gasteiger partial charge in [0, 0.05) is 21.3 Å². The minimum atomic E-state index is -0.552. The van der Waals surface area contributed by atoms with Crippen LogP contribution in [0.25, 0.3) is 6.08 Å². The van der Waals surface area contributed by atoms with Crippen LogP contribution in [-0.4, -0.2) is 5.91 Å². The Morgan fingerprint density at radius 3 is 2.16 bits per heavy atom. The van der Waals surface area contributed by atoms with Crippen LogP contribution in [0.3, 0.4) is 0 Å². The molecule has 0 spiro atoms. The number of carbonyl (C=O) groups is 1. The Balaban J connectivity index is 1.42. The molecule has 0 aliphatic rings. The molecule has 0 radical (unpaired) electrons. The Morgan fingerprint density at radius 2 is 1.46 bits per heavy atom.